The van der Waals surface area contributed by atoms with E-state index in [2.05, 4.69) is 0 Å². The van der Waals surface area contributed by atoms with Crippen LogP contribution in [0.5, 0.6) is 5.75 Å². The van der Waals surface area contributed by atoms with Crippen molar-refractivity contribution in [3.63, 3.8) is 0 Å². The molecule has 0 heterocycles. The minimum Gasteiger partial charge on any atom is -0.493 e. The number of Topliss-reactive ketones (excluding diaryl/α,β-unsaturated/α-hetero) is 1. The third kappa shape index (κ3) is 2.13. The van der Waals surface area contributed by atoms with Crippen LogP contribution >= 0.6 is 0 Å². The van der Waals surface area contributed by atoms with E-state index in [4.69, 9.17) is 4.74 Å². The first-order valence-corrected chi connectivity index (χ1v) is 4.96. The van der Waals surface area contributed by atoms with E-state index in [-0.39, 0.29) is 5.78 Å². The highest BCUT2D eigenvalue weighted by Gasteiger charge is 2.11. The normalized spacial score (nSPS) is 9.93. The van der Waals surface area contributed by atoms with Gasteiger partial charge in [-0.05, 0) is 25.5 Å². The van der Waals surface area contributed by atoms with Gasteiger partial charge in [0.2, 0.25) is 0 Å². The van der Waals surface area contributed by atoms with Gasteiger partial charge in [-0.25, -0.2) is 0 Å². The zero-order valence-corrected chi connectivity index (χ0v) is 8.96. The van der Waals surface area contributed by atoms with Crippen LogP contribution in [0, 0.1) is 6.92 Å². The molecule has 14 heavy (non-hydrogen) atoms. The van der Waals surface area contributed by atoms with Crippen LogP contribution in [0.15, 0.2) is 18.2 Å². The molecule has 0 aliphatic rings. The maximum absolute atomic E-state index is 11.6. The molecule has 1 aromatic carbocycles. The molecule has 1 rings (SSSR count). The fraction of sp³-hybridized carbons (Fsp3) is 0.417. The lowest BCUT2D eigenvalue weighted by atomic mass is 10.0. The third-order valence-corrected chi connectivity index (χ3v) is 2.12. The Morgan fingerprint density at radius 1 is 1.36 bits per heavy atom. The van der Waals surface area contributed by atoms with Crippen molar-refractivity contribution in [2.45, 2.75) is 27.2 Å². The van der Waals surface area contributed by atoms with Gasteiger partial charge in [0.1, 0.15) is 5.75 Å². The van der Waals surface area contributed by atoms with Crippen LogP contribution in [-0.2, 0) is 0 Å². The molecule has 0 aliphatic carbocycles. The van der Waals surface area contributed by atoms with E-state index in [0.29, 0.717) is 18.6 Å². The van der Waals surface area contributed by atoms with E-state index in [1.165, 1.54) is 0 Å². The molecule has 0 unspecified atom stereocenters. The van der Waals surface area contributed by atoms with Crippen LogP contribution in [0.25, 0.3) is 0 Å². The summed E-state index contributed by atoms with van der Waals surface area (Å²) in [5.41, 5.74) is 1.72. The highest BCUT2D eigenvalue weighted by atomic mass is 16.5. The number of hydrogen-bond acceptors (Lipinski definition) is 2. The Kier molecular flexibility index (Phi) is 3.69. The number of aryl methyl sites for hydroxylation is 1. The molecule has 0 aliphatic heterocycles. The Labute approximate surface area is 84.9 Å². The molecule has 0 bridgehead atoms. The average molecular weight is 192 g/mol. The first-order chi connectivity index (χ1) is 6.70. The van der Waals surface area contributed by atoms with E-state index < -0.39 is 0 Å². The summed E-state index contributed by atoms with van der Waals surface area (Å²) in [6.07, 6.45) is 0.517. The van der Waals surface area contributed by atoms with Crippen molar-refractivity contribution < 1.29 is 9.53 Å². The number of carbonyl (C=O) groups excluding carboxylic acids is 1. The molecule has 0 amide bonds. The summed E-state index contributed by atoms with van der Waals surface area (Å²) in [4.78, 5) is 11.6. The van der Waals surface area contributed by atoms with Crippen molar-refractivity contribution in [3.05, 3.63) is 29.3 Å². The van der Waals surface area contributed by atoms with Crippen molar-refractivity contribution in [1.29, 1.82) is 0 Å². The molecule has 0 aromatic heterocycles. The number of hydrogen-bond donors (Lipinski definition) is 0. The molecule has 0 fully saturated rings. The summed E-state index contributed by atoms with van der Waals surface area (Å²) in [6, 6.07) is 5.67. The molecule has 0 N–H and O–H groups in total. The second-order valence-corrected chi connectivity index (χ2v) is 3.16. The van der Waals surface area contributed by atoms with Crippen LogP contribution in [-0.4, -0.2) is 12.4 Å². The van der Waals surface area contributed by atoms with E-state index in [1.54, 1.807) is 0 Å². The van der Waals surface area contributed by atoms with Gasteiger partial charge < -0.3 is 4.74 Å². The van der Waals surface area contributed by atoms with E-state index >= 15 is 0 Å². The van der Waals surface area contributed by atoms with Crippen molar-refractivity contribution in [1.82, 2.24) is 0 Å². The monoisotopic (exact) mass is 192 g/mol. The third-order valence-electron chi connectivity index (χ3n) is 2.12. The van der Waals surface area contributed by atoms with Gasteiger partial charge >= 0.3 is 0 Å². The lowest BCUT2D eigenvalue weighted by Crippen LogP contribution is -2.04. The first-order valence-electron chi connectivity index (χ1n) is 4.96. The number of ether oxygens (including phenoxy) is 1. The van der Waals surface area contributed by atoms with Gasteiger partial charge in [-0.3, -0.25) is 4.79 Å². The van der Waals surface area contributed by atoms with Crippen molar-refractivity contribution in [2.75, 3.05) is 6.61 Å². The molecule has 0 saturated carbocycles. The van der Waals surface area contributed by atoms with Gasteiger partial charge in [0.15, 0.2) is 5.78 Å². The van der Waals surface area contributed by atoms with E-state index in [9.17, 15) is 4.79 Å². The topological polar surface area (TPSA) is 26.3 Å². The molecule has 76 valence electrons. The molecular weight excluding hydrogens is 176 g/mol. The zero-order chi connectivity index (χ0) is 10.6. The SMILES string of the molecule is CCOc1c(C)cccc1C(=O)CC. The quantitative estimate of drug-likeness (QED) is 0.685. The summed E-state index contributed by atoms with van der Waals surface area (Å²) >= 11 is 0. The predicted molar refractivity (Wildman–Crippen MR) is 57.0 cm³/mol. The smallest absolute Gasteiger partial charge is 0.166 e. The average Bonchev–Trinajstić information content (AvgIpc) is 2.20. The molecule has 0 spiro atoms. The predicted octanol–water partition coefficient (Wildman–Crippen LogP) is 2.99. The van der Waals surface area contributed by atoms with Gasteiger partial charge in [0.05, 0.1) is 12.2 Å². The minimum absolute atomic E-state index is 0.136. The summed E-state index contributed by atoms with van der Waals surface area (Å²) in [6.45, 7) is 6.33. The van der Waals surface area contributed by atoms with Gasteiger partial charge in [0.25, 0.3) is 0 Å². The highest BCUT2D eigenvalue weighted by Crippen LogP contribution is 2.24. The number of benzene rings is 1. The molecular formula is C12H16O2. The van der Waals surface area contributed by atoms with Gasteiger partial charge in [-0.1, -0.05) is 19.1 Å². The standard InChI is InChI=1S/C12H16O2/c1-4-11(13)10-8-6-7-9(3)12(10)14-5-2/h6-8H,4-5H2,1-3H3. The largest absolute Gasteiger partial charge is 0.493 e. The summed E-state index contributed by atoms with van der Waals surface area (Å²) in [5, 5.41) is 0. The fourth-order valence-electron chi connectivity index (χ4n) is 1.40. The molecule has 2 heteroatoms. The van der Waals surface area contributed by atoms with E-state index in [0.717, 1.165) is 11.3 Å². The van der Waals surface area contributed by atoms with Crippen LogP contribution in [0.3, 0.4) is 0 Å². The lowest BCUT2D eigenvalue weighted by molar-refractivity contribution is 0.0984. The second-order valence-electron chi connectivity index (χ2n) is 3.16. The Morgan fingerprint density at radius 3 is 2.64 bits per heavy atom. The fourth-order valence-corrected chi connectivity index (χ4v) is 1.40. The highest BCUT2D eigenvalue weighted by molar-refractivity contribution is 5.98. The maximum Gasteiger partial charge on any atom is 0.166 e. The van der Waals surface area contributed by atoms with Crippen molar-refractivity contribution in [2.24, 2.45) is 0 Å². The molecule has 0 saturated heterocycles. The Hall–Kier alpha value is -1.31. The Bertz CT molecular complexity index is 329. The minimum atomic E-state index is 0.136. The van der Waals surface area contributed by atoms with Crippen LogP contribution < -0.4 is 4.74 Å². The van der Waals surface area contributed by atoms with Crippen molar-refractivity contribution >= 4 is 5.78 Å². The molecule has 0 radical (unpaired) electrons. The number of ketones is 1. The summed E-state index contributed by atoms with van der Waals surface area (Å²) < 4.78 is 5.47. The molecule has 2 nitrogen and oxygen atoms in total. The number of para-hydroxylation sites is 1. The van der Waals surface area contributed by atoms with Gasteiger partial charge in [-0.2, -0.15) is 0 Å². The number of rotatable bonds is 4. The van der Waals surface area contributed by atoms with E-state index in [1.807, 2.05) is 39.0 Å². The summed E-state index contributed by atoms with van der Waals surface area (Å²) in [7, 11) is 0. The Balaban J connectivity index is 3.13. The molecule has 0 atom stereocenters. The van der Waals surface area contributed by atoms with Gasteiger partial charge in [-0.15, -0.1) is 0 Å². The summed E-state index contributed by atoms with van der Waals surface area (Å²) in [5.74, 6) is 0.874. The van der Waals surface area contributed by atoms with Crippen molar-refractivity contribution in [3.8, 4) is 5.75 Å². The maximum atomic E-state index is 11.6. The second kappa shape index (κ2) is 4.80. The zero-order valence-electron chi connectivity index (χ0n) is 8.96. The van der Waals surface area contributed by atoms with Gasteiger partial charge in [0, 0.05) is 6.42 Å². The molecule has 1 aromatic rings. The number of carbonyl (C=O) groups is 1. The van der Waals surface area contributed by atoms with Crippen LogP contribution in [0.1, 0.15) is 36.2 Å². The first kappa shape index (κ1) is 10.8. The van der Waals surface area contributed by atoms with Crippen LogP contribution in [0.2, 0.25) is 0 Å². The Morgan fingerprint density at radius 2 is 2.07 bits per heavy atom. The lowest BCUT2D eigenvalue weighted by Gasteiger charge is -2.11. The van der Waals surface area contributed by atoms with Crippen LogP contribution in [0.4, 0.5) is 0 Å².